The number of carbonyl (C=O) groups is 1. The van der Waals surface area contributed by atoms with E-state index in [0.717, 1.165) is 24.0 Å². The van der Waals surface area contributed by atoms with E-state index < -0.39 is 0 Å². The predicted octanol–water partition coefficient (Wildman–Crippen LogP) is 4.03. The number of unbranched alkanes of at least 4 members (excludes halogenated alkanes) is 2. The van der Waals surface area contributed by atoms with Crippen LogP contribution in [0.2, 0.25) is 0 Å². The summed E-state index contributed by atoms with van der Waals surface area (Å²) < 4.78 is 0. The van der Waals surface area contributed by atoms with Gasteiger partial charge in [-0.1, -0.05) is 32.8 Å². The molecule has 0 amide bonds. The lowest BCUT2D eigenvalue weighted by Crippen LogP contribution is -2.00. The summed E-state index contributed by atoms with van der Waals surface area (Å²) in [6, 6.07) is 3.83. The summed E-state index contributed by atoms with van der Waals surface area (Å²) in [5, 5.41) is 9.87. The quantitative estimate of drug-likeness (QED) is 0.596. The molecule has 0 aliphatic carbocycles. The van der Waals surface area contributed by atoms with Crippen molar-refractivity contribution in [3.05, 3.63) is 28.8 Å². The largest absolute Gasteiger partial charge is 0.507 e. The summed E-state index contributed by atoms with van der Waals surface area (Å²) in [7, 11) is 0. The summed E-state index contributed by atoms with van der Waals surface area (Å²) in [4.78, 5) is 11.7. The third-order valence-electron chi connectivity index (χ3n) is 3.05. The third kappa shape index (κ3) is 3.58. The molecule has 2 nitrogen and oxygen atoms in total. The van der Waals surface area contributed by atoms with Gasteiger partial charge in [0.05, 0.1) is 5.56 Å². The zero-order valence-electron chi connectivity index (χ0n) is 11.0. The van der Waals surface area contributed by atoms with Crippen LogP contribution < -0.4 is 0 Å². The Hall–Kier alpha value is -1.31. The molecule has 0 unspecified atom stereocenters. The van der Waals surface area contributed by atoms with Crippen molar-refractivity contribution < 1.29 is 9.90 Å². The van der Waals surface area contributed by atoms with E-state index in [9.17, 15) is 9.90 Å². The molecule has 2 heteroatoms. The molecule has 0 bridgehead atoms. The first kappa shape index (κ1) is 13.8. The second kappa shape index (κ2) is 6.43. The van der Waals surface area contributed by atoms with Crippen LogP contribution in [0, 0.1) is 6.92 Å². The molecule has 1 rings (SSSR count). The van der Waals surface area contributed by atoms with Crippen LogP contribution in [0.3, 0.4) is 0 Å². The highest BCUT2D eigenvalue weighted by Crippen LogP contribution is 2.26. The molecular formula is C15H22O2. The molecule has 17 heavy (non-hydrogen) atoms. The minimum absolute atomic E-state index is 0.0166. The summed E-state index contributed by atoms with van der Waals surface area (Å²) in [5.41, 5.74) is 2.44. The standard InChI is InChI=1S/C15H22O2/c1-4-6-7-8-12-9-11(3)15(17)13(10-12)14(16)5-2/h9-10,17H,4-8H2,1-3H3. The van der Waals surface area contributed by atoms with Gasteiger partial charge >= 0.3 is 0 Å². The molecule has 0 radical (unpaired) electrons. The van der Waals surface area contributed by atoms with Gasteiger partial charge in [-0.25, -0.2) is 0 Å². The Kier molecular flexibility index (Phi) is 5.20. The number of hydrogen-bond donors (Lipinski definition) is 1. The highest BCUT2D eigenvalue weighted by atomic mass is 16.3. The van der Waals surface area contributed by atoms with E-state index in [1.807, 2.05) is 26.0 Å². The molecule has 0 atom stereocenters. The van der Waals surface area contributed by atoms with Gasteiger partial charge in [-0.2, -0.15) is 0 Å². The first-order valence-corrected chi connectivity index (χ1v) is 6.45. The van der Waals surface area contributed by atoms with Gasteiger partial charge in [-0.15, -0.1) is 0 Å². The lowest BCUT2D eigenvalue weighted by Gasteiger charge is -2.09. The van der Waals surface area contributed by atoms with E-state index in [4.69, 9.17) is 0 Å². The second-order valence-electron chi connectivity index (χ2n) is 4.54. The van der Waals surface area contributed by atoms with Crippen LogP contribution in [0.5, 0.6) is 5.75 Å². The highest BCUT2D eigenvalue weighted by Gasteiger charge is 2.12. The van der Waals surface area contributed by atoms with Crippen molar-refractivity contribution in [1.29, 1.82) is 0 Å². The molecule has 0 saturated carbocycles. The van der Waals surface area contributed by atoms with Gasteiger partial charge in [-0.3, -0.25) is 4.79 Å². The number of benzene rings is 1. The number of phenols is 1. The van der Waals surface area contributed by atoms with Crippen molar-refractivity contribution in [2.75, 3.05) is 0 Å². The minimum atomic E-state index is 0.0166. The fraction of sp³-hybridized carbons (Fsp3) is 0.533. The fourth-order valence-corrected chi connectivity index (χ4v) is 1.98. The Bertz CT molecular complexity index is 394. The fourth-order valence-electron chi connectivity index (χ4n) is 1.98. The van der Waals surface area contributed by atoms with Gasteiger partial charge in [0.2, 0.25) is 0 Å². The molecule has 0 saturated heterocycles. The lowest BCUT2D eigenvalue weighted by atomic mass is 9.97. The number of rotatable bonds is 6. The van der Waals surface area contributed by atoms with Crippen molar-refractivity contribution >= 4 is 5.78 Å². The Morgan fingerprint density at radius 2 is 1.94 bits per heavy atom. The number of aromatic hydroxyl groups is 1. The number of phenolic OH excluding ortho intramolecular Hbond substituents is 1. The summed E-state index contributed by atoms with van der Waals surface area (Å²) in [5.74, 6) is 0.166. The van der Waals surface area contributed by atoms with Crippen molar-refractivity contribution in [3.8, 4) is 5.75 Å². The monoisotopic (exact) mass is 234 g/mol. The molecule has 1 N–H and O–H groups in total. The Morgan fingerprint density at radius 3 is 2.53 bits per heavy atom. The third-order valence-corrected chi connectivity index (χ3v) is 3.05. The van der Waals surface area contributed by atoms with Crippen molar-refractivity contribution in [2.24, 2.45) is 0 Å². The molecule has 1 aromatic carbocycles. The minimum Gasteiger partial charge on any atom is -0.507 e. The van der Waals surface area contributed by atoms with Crippen LogP contribution in [0.25, 0.3) is 0 Å². The number of aryl methyl sites for hydroxylation is 2. The van der Waals surface area contributed by atoms with Crippen molar-refractivity contribution in [2.45, 2.75) is 52.9 Å². The van der Waals surface area contributed by atoms with Gasteiger partial charge in [0.1, 0.15) is 5.75 Å². The average Bonchev–Trinajstić information content (AvgIpc) is 2.32. The normalized spacial score (nSPS) is 10.5. The van der Waals surface area contributed by atoms with Gasteiger partial charge in [-0.05, 0) is 37.0 Å². The number of ketones is 1. The van der Waals surface area contributed by atoms with Crippen LogP contribution in [0.15, 0.2) is 12.1 Å². The van der Waals surface area contributed by atoms with Crippen LogP contribution in [-0.4, -0.2) is 10.9 Å². The summed E-state index contributed by atoms with van der Waals surface area (Å²) >= 11 is 0. The van der Waals surface area contributed by atoms with E-state index in [0.29, 0.717) is 12.0 Å². The van der Waals surface area contributed by atoms with E-state index in [-0.39, 0.29) is 11.5 Å². The number of hydrogen-bond acceptors (Lipinski definition) is 2. The van der Waals surface area contributed by atoms with E-state index in [1.54, 1.807) is 0 Å². The molecule has 0 aliphatic rings. The maximum atomic E-state index is 11.7. The molecule has 94 valence electrons. The molecule has 1 aromatic rings. The van der Waals surface area contributed by atoms with E-state index in [1.165, 1.54) is 12.8 Å². The Morgan fingerprint density at radius 1 is 1.24 bits per heavy atom. The van der Waals surface area contributed by atoms with Crippen LogP contribution in [-0.2, 0) is 6.42 Å². The van der Waals surface area contributed by atoms with Gasteiger partial charge < -0.3 is 5.11 Å². The van der Waals surface area contributed by atoms with Crippen molar-refractivity contribution in [1.82, 2.24) is 0 Å². The first-order chi connectivity index (χ1) is 8.10. The Balaban J connectivity index is 2.93. The SMILES string of the molecule is CCCCCc1cc(C)c(O)c(C(=O)CC)c1. The van der Waals surface area contributed by atoms with Gasteiger partial charge in [0.15, 0.2) is 5.78 Å². The van der Waals surface area contributed by atoms with Gasteiger partial charge in [0, 0.05) is 6.42 Å². The van der Waals surface area contributed by atoms with Gasteiger partial charge in [0.25, 0.3) is 0 Å². The van der Waals surface area contributed by atoms with Crippen LogP contribution in [0.1, 0.15) is 61.0 Å². The molecular weight excluding hydrogens is 212 g/mol. The maximum absolute atomic E-state index is 11.7. The molecule has 0 fully saturated rings. The molecule has 0 aliphatic heterocycles. The first-order valence-electron chi connectivity index (χ1n) is 6.45. The number of carbonyl (C=O) groups excluding carboxylic acids is 1. The Labute approximate surface area is 104 Å². The maximum Gasteiger partial charge on any atom is 0.166 e. The van der Waals surface area contributed by atoms with E-state index in [2.05, 4.69) is 6.92 Å². The molecule has 0 aromatic heterocycles. The molecule has 0 spiro atoms. The zero-order valence-corrected chi connectivity index (χ0v) is 11.0. The lowest BCUT2D eigenvalue weighted by molar-refractivity contribution is 0.0985. The predicted molar refractivity (Wildman–Crippen MR) is 70.7 cm³/mol. The topological polar surface area (TPSA) is 37.3 Å². The van der Waals surface area contributed by atoms with E-state index >= 15 is 0 Å². The average molecular weight is 234 g/mol. The summed E-state index contributed by atoms with van der Waals surface area (Å²) in [6.07, 6.45) is 4.96. The zero-order chi connectivity index (χ0) is 12.8. The smallest absolute Gasteiger partial charge is 0.166 e. The van der Waals surface area contributed by atoms with Crippen LogP contribution in [0.4, 0.5) is 0 Å². The number of Topliss-reactive ketones (excluding diaryl/α,β-unsaturated/α-hetero) is 1. The highest BCUT2D eigenvalue weighted by molar-refractivity contribution is 5.98. The second-order valence-corrected chi connectivity index (χ2v) is 4.54. The van der Waals surface area contributed by atoms with Crippen molar-refractivity contribution in [3.63, 3.8) is 0 Å². The summed E-state index contributed by atoms with van der Waals surface area (Å²) in [6.45, 7) is 5.85. The van der Waals surface area contributed by atoms with Crippen LogP contribution >= 0.6 is 0 Å². The molecule has 0 heterocycles.